The molecule has 0 saturated heterocycles. The number of nitriles is 1. The number of aliphatic hydroxyl groups is 1. The van der Waals surface area contributed by atoms with Crippen molar-refractivity contribution >= 4 is 23.2 Å². The molecule has 0 heterocycles. The lowest BCUT2D eigenvalue weighted by molar-refractivity contribution is -0.137. The highest BCUT2D eigenvalue weighted by Gasteiger charge is 2.33. The zero-order valence-electron chi connectivity index (χ0n) is 11.7. The second-order valence-corrected chi connectivity index (χ2v) is 4.75. The Morgan fingerprint density at radius 2 is 2.13 bits per heavy atom. The van der Waals surface area contributed by atoms with Crippen LogP contribution in [-0.2, 0) is 11.0 Å². The summed E-state index contributed by atoms with van der Waals surface area (Å²) >= 11 is 5.48. The number of halogens is 4. The number of nitrogens with zero attached hydrogens (tertiary/aromatic N) is 1. The van der Waals surface area contributed by atoms with Gasteiger partial charge in [0.25, 0.3) is 5.91 Å². The zero-order valence-corrected chi connectivity index (χ0v) is 12.5. The summed E-state index contributed by atoms with van der Waals surface area (Å²) in [4.78, 5) is 11.8. The number of carbonyl (C=O) groups excluding carboxylic acids is 1. The maximum absolute atomic E-state index is 12.7. The van der Waals surface area contributed by atoms with Crippen molar-refractivity contribution in [1.82, 2.24) is 5.32 Å². The minimum absolute atomic E-state index is 0.0556. The van der Waals surface area contributed by atoms with Gasteiger partial charge in [-0.3, -0.25) is 4.79 Å². The Morgan fingerprint density at radius 3 is 2.70 bits per heavy atom. The van der Waals surface area contributed by atoms with Crippen molar-refractivity contribution in [2.45, 2.75) is 12.6 Å². The SMILES string of the molecule is N#C/C(=C/NCCCO)C(=O)Nc1ccc(Cl)c(C(F)(F)F)c1. The first kappa shape index (κ1) is 18.8. The van der Waals surface area contributed by atoms with Gasteiger partial charge in [0.2, 0.25) is 0 Å². The van der Waals surface area contributed by atoms with Gasteiger partial charge in [-0.15, -0.1) is 0 Å². The van der Waals surface area contributed by atoms with E-state index < -0.39 is 22.7 Å². The van der Waals surface area contributed by atoms with Gasteiger partial charge >= 0.3 is 6.18 Å². The van der Waals surface area contributed by atoms with Crippen LogP contribution < -0.4 is 10.6 Å². The quantitative estimate of drug-likeness (QED) is 0.419. The number of anilines is 1. The normalized spacial score (nSPS) is 11.7. The Morgan fingerprint density at radius 1 is 1.43 bits per heavy atom. The van der Waals surface area contributed by atoms with Crippen molar-refractivity contribution < 1.29 is 23.1 Å². The molecule has 0 atom stereocenters. The van der Waals surface area contributed by atoms with Gasteiger partial charge in [-0.1, -0.05) is 11.6 Å². The van der Waals surface area contributed by atoms with Crippen LogP contribution >= 0.6 is 11.6 Å². The van der Waals surface area contributed by atoms with Gasteiger partial charge in [0.05, 0.1) is 10.6 Å². The predicted octanol–water partition coefficient (Wildman–Crippen LogP) is 2.68. The van der Waals surface area contributed by atoms with Gasteiger partial charge in [0, 0.05) is 25.0 Å². The van der Waals surface area contributed by atoms with Gasteiger partial charge in [-0.2, -0.15) is 18.4 Å². The molecule has 3 N–H and O–H groups in total. The number of alkyl halides is 3. The van der Waals surface area contributed by atoms with E-state index in [-0.39, 0.29) is 17.9 Å². The average molecular weight is 348 g/mol. The maximum Gasteiger partial charge on any atom is 0.417 e. The van der Waals surface area contributed by atoms with E-state index in [0.29, 0.717) is 19.0 Å². The predicted molar refractivity (Wildman–Crippen MR) is 78.5 cm³/mol. The smallest absolute Gasteiger partial charge is 0.396 e. The lowest BCUT2D eigenvalue weighted by atomic mass is 10.2. The first-order valence-electron chi connectivity index (χ1n) is 6.42. The summed E-state index contributed by atoms with van der Waals surface area (Å²) in [7, 11) is 0. The summed E-state index contributed by atoms with van der Waals surface area (Å²) in [5.74, 6) is -0.862. The first-order valence-corrected chi connectivity index (χ1v) is 6.80. The lowest BCUT2D eigenvalue weighted by Gasteiger charge is -2.11. The van der Waals surface area contributed by atoms with E-state index in [9.17, 15) is 18.0 Å². The van der Waals surface area contributed by atoms with Crippen molar-refractivity contribution in [3.8, 4) is 6.07 Å². The van der Waals surface area contributed by atoms with Crippen LogP contribution in [0.4, 0.5) is 18.9 Å². The molecule has 0 unspecified atom stereocenters. The number of carbonyl (C=O) groups is 1. The third kappa shape index (κ3) is 5.81. The van der Waals surface area contributed by atoms with Crippen molar-refractivity contribution in [2.75, 3.05) is 18.5 Å². The van der Waals surface area contributed by atoms with Crippen LogP contribution in [0.15, 0.2) is 30.0 Å². The molecule has 124 valence electrons. The summed E-state index contributed by atoms with van der Waals surface area (Å²) in [5, 5.41) is 21.8. The molecule has 0 aliphatic heterocycles. The Bertz CT molecular complexity index is 639. The molecule has 0 aromatic heterocycles. The number of hydrogen-bond donors (Lipinski definition) is 3. The fourth-order valence-electron chi connectivity index (χ4n) is 1.52. The molecule has 23 heavy (non-hydrogen) atoms. The number of rotatable bonds is 6. The lowest BCUT2D eigenvalue weighted by Crippen LogP contribution is -2.18. The van der Waals surface area contributed by atoms with E-state index in [4.69, 9.17) is 22.0 Å². The summed E-state index contributed by atoms with van der Waals surface area (Å²) in [6.07, 6.45) is -3.11. The Labute approximate surface area is 135 Å². The van der Waals surface area contributed by atoms with Crippen LogP contribution in [0.2, 0.25) is 5.02 Å². The van der Waals surface area contributed by atoms with Crippen LogP contribution in [-0.4, -0.2) is 24.2 Å². The van der Waals surface area contributed by atoms with E-state index in [1.54, 1.807) is 6.07 Å². The topological polar surface area (TPSA) is 85.2 Å². The highest BCUT2D eigenvalue weighted by Crippen LogP contribution is 2.36. The Balaban J connectivity index is 2.86. The van der Waals surface area contributed by atoms with Crippen LogP contribution in [0.25, 0.3) is 0 Å². The fraction of sp³-hybridized carbons (Fsp3) is 0.286. The maximum atomic E-state index is 12.7. The fourth-order valence-corrected chi connectivity index (χ4v) is 1.75. The molecule has 5 nitrogen and oxygen atoms in total. The largest absolute Gasteiger partial charge is 0.417 e. The summed E-state index contributed by atoms with van der Waals surface area (Å²) in [5.41, 5.74) is -1.53. The highest BCUT2D eigenvalue weighted by molar-refractivity contribution is 6.31. The van der Waals surface area contributed by atoms with Crippen molar-refractivity contribution in [3.63, 3.8) is 0 Å². The molecule has 0 spiro atoms. The van der Waals surface area contributed by atoms with E-state index >= 15 is 0 Å². The summed E-state index contributed by atoms with van der Waals surface area (Å²) < 4.78 is 38.2. The number of hydrogen-bond acceptors (Lipinski definition) is 4. The minimum Gasteiger partial charge on any atom is -0.396 e. The van der Waals surface area contributed by atoms with E-state index in [1.165, 1.54) is 6.07 Å². The molecule has 0 bridgehead atoms. The van der Waals surface area contributed by atoms with Crippen LogP contribution in [0, 0.1) is 11.3 Å². The second-order valence-electron chi connectivity index (χ2n) is 4.35. The number of aliphatic hydroxyl groups excluding tert-OH is 1. The van der Waals surface area contributed by atoms with Gasteiger partial charge < -0.3 is 15.7 Å². The molecule has 0 radical (unpaired) electrons. The number of amides is 1. The van der Waals surface area contributed by atoms with Crippen LogP contribution in [0.3, 0.4) is 0 Å². The molecule has 9 heteroatoms. The monoisotopic (exact) mass is 347 g/mol. The Kier molecular flexibility index (Phi) is 6.88. The van der Waals surface area contributed by atoms with Gasteiger partial charge in [-0.05, 0) is 24.6 Å². The zero-order chi connectivity index (χ0) is 17.5. The average Bonchev–Trinajstić information content (AvgIpc) is 2.48. The molecule has 1 amide bonds. The molecular formula is C14H13ClF3N3O2. The summed E-state index contributed by atoms with van der Waals surface area (Å²) in [6.45, 7) is 0.286. The van der Waals surface area contributed by atoms with E-state index in [1.807, 2.05) is 0 Å². The number of nitrogens with one attached hydrogen (secondary N) is 2. The van der Waals surface area contributed by atoms with Crippen molar-refractivity contribution in [2.24, 2.45) is 0 Å². The number of benzene rings is 1. The Hall–Kier alpha value is -2.24. The molecule has 0 saturated carbocycles. The van der Waals surface area contributed by atoms with Gasteiger partial charge in [0.15, 0.2) is 0 Å². The van der Waals surface area contributed by atoms with Crippen LogP contribution in [0.1, 0.15) is 12.0 Å². The third-order valence-electron chi connectivity index (χ3n) is 2.62. The molecule has 0 aliphatic carbocycles. The van der Waals surface area contributed by atoms with Gasteiger partial charge in [0.1, 0.15) is 11.6 Å². The third-order valence-corrected chi connectivity index (χ3v) is 2.95. The standard InChI is InChI=1S/C14H13ClF3N3O2/c15-12-3-2-10(6-11(12)14(16,17)18)21-13(23)9(7-19)8-20-4-1-5-22/h2-3,6,8,20,22H,1,4-5H2,(H,21,23)/b9-8-. The molecule has 1 rings (SSSR count). The van der Waals surface area contributed by atoms with E-state index in [2.05, 4.69) is 10.6 Å². The highest BCUT2D eigenvalue weighted by atomic mass is 35.5. The molecule has 0 aliphatic rings. The van der Waals surface area contributed by atoms with Gasteiger partial charge in [-0.25, -0.2) is 0 Å². The van der Waals surface area contributed by atoms with Crippen LogP contribution in [0.5, 0.6) is 0 Å². The van der Waals surface area contributed by atoms with Crippen molar-refractivity contribution in [3.05, 3.63) is 40.6 Å². The van der Waals surface area contributed by atoms with Crippen molar-refractivity contribution in [1.29, 1.82) is 5.26 Å². The molecule has 1 aromatic carbocycles. The minimum atomic E-state index is -4.66. The first-order chi connectivity index (χ1) is 10.8. The molecule has 0 fully saturated rings. The second kappa shape index (κ2) is 8.41. The van der Waals surface area contributed by atoms with E-state index in [0.717, 1.165) is 12.3 Å². The molecular weight excluding hydrogens is 335 g/mol. The molecule has 1 aromatic rings. The summed E-state index contributed by atoms with van der Waals surface area (Å²) in [6, 6.07) is 4.53.